The fourth-order valence-corrected chi connectivity index (χ4v) is 2.83. The molecule has 0 amide bonds. The summed E-state index contributed by atoms with van der Waals surface area (Å²) in [6.07, 6.45) is 0.750. The average Bonchev–Trinajstić information content (AvgIpc) is 3.01. The first-order chi connectivity index (χ1) is 12.3. The number of aromatic nitrogens is 2. The lowest BCUT2D eigenvalue weighted by Crippen LogP contribution is -2.27. The standard InChI is InChI=1S/C18H17ClFN3O3/c1-18(2,26-16-6-4-12(23(24)25)10-13(16)20)17-21-14-5-3-11(7-8-19)9-15(14)22-17/h3-6,9-10H,7-8H2,1-2H3,(H,21,22). The van der Waals surface area contributed by atoms with Crippen molar-refractivity contribution >= 4 is 28.3 Å². The minimum Gasteiger partial charge on any atom is -0.477 e. The molecular formula is C18H17ClFN3O3. The number of hydrogen-bond acceptors (Lipinski definition) is 4. The summed E-state index contributed by atoms with van der Waals surface area (Å²) in [5.41, 5.74) is 1.39. The van der Waals surface area contributed by atoms with Crippen molar-refractivity contribution in [1.29, 1.82) is 0 Å². The first kappa shape index (κ1) is 18.1. The van der Waals surface area contributed by atoms with Gasteiger partial charge in [-0.15, -0.1) is 11.6 Å². The highest BCUT2D eigenvalue weighted by Gasteiger charge is 2.28. The van der Waals surface area contributed by atoms with E-state index in [1.165, 1.54) is 12.1 Å². The number of nitrogens with zero attached hydrogens (tertiary/aromatic N) is 2. The predicted molar refractivity (Wildman–Crippen MR) is 97.2 cm³/mol. The van der Waals surface area contributed by atoms with Crippen molar-refractivity contribution in [2.45, 2.75) is 25.9 Å². The van der Waals surface area contributed by atoms with Crippen molar-refractivity contribution in [3.63, 3.8) is 0 Å². The van der Waals surface area contributed by atoms with Crippen molar-refractivity contribution in [2.24, 2.45) is 0 Å². The summed E-state index contributed by atoms with van der Waals surface area (Å²) >= 11 is 5.78. The van der Waals surface area contributed by atoms with Crippen LogP contribution in [0.5, 0.6) is 5.75 Å². The third kappa shape index (κ3) is 3.62. The second kappa shape index (κ2) is 6.92. The normalized spacial score (nSPS) is 11.7. The number of nitro groups is 1. The third-order valence-electron chi connectivity index (χ3n) is 3.99. The number of H-pyrrole nitrogens is 1. The minimum absolute atomic E-state index is 0.0797. The SMILES string of the molecule is CC(C)(Oc1ccc([N+](=O)[O-])cc1F)c1nc2ccc(CCCl)cc2[nH]1. The maximum Gasteiger partial charge on any atom is 0.272 e. The molecule has 0 spiro atoms. The lowest BCUT2D eigenvalue weighted by Gasteiger charge is -2.24. The summed E-state index contributed by atoms with van der Waals surface area (Å²) in [5, 5.41) is 10.7. The van der Waals surface area contributed by atoms with Crippen LogP contribution in [0.1, 0.15) is 25.2 Å². The van der Waals surface area contributed by atoms with E-state index < -0.39 is 16.3 Å². The molecule has 0 aliphatic heterocycles. The Morgan fingerprint density at radius 2 is 2.08 bits per heavy atom. The zero-order valence-corrected chi connectivity index (χ0v) is 15.0. The maximum absolute atomic E-state index is 14.1. The molecule has 0 unspecified atom stereocenters. The molecule has 3 rings (SSSR count). The number of imidazole rings is 1. The van der Waals surface area contributed by atoms with Gasteiger partial charge in [0, 0.05) is 11.9 Å². The van der Waals surface area contributed by atoms with E-state index in [1.807, 2.05) is 18.2 Å². The fourth-order valence-electron chi connectivity index (χ4n) is 2.62. The number of nitrogens with one attached hydrogen (secondary N) is 1. The van der Waals surface area contributed by atoms with Crippen LogP contribution in [0.15, 0.2) is 36.4 Å². The second-order valence-corrected chi connectivity index (χ2v) is 6.74. The van der Waals surface area contributed by atoms with Crippen molar-refractivity contribution in [2.75, 3.05) is 5.88 Å². The Bertz CT molecular complexity index is 971. The molecule has 0 aliphatic carbocycles. The molecule has 8 heteroatoms. The van der Waals surface area contributed by atoms with Gasteiger partial charge in [0.05, 0.1) is 22.0 Å². The monoisotopic (exact) mass is 377 g/mol. The van der Waals surface area contributed by atoms with Crippen LogP contribution in [0.25, 0.3) is 11.0 Å². The molecule has 0 fully saturated rings. The van der Waals surface area contributed by atoms with Gasteiger partial charge in [0.15, 0.2) is 23.0 Å². The summed E-state index contributed by atoms with van der Waals surface area (Å²) in [5.74, 6) is 0.172. The summed E-state index contributed by atoms with van der Waals surface area (Å²) in [7, 11) is 0. The highest BCUT2D eigenvalue weighted by molar-refractivity contribution is 6.18. The van der Waals surface area contributed by atoms with E-state index in [0.717, 1.165) is 29.1 Å². The smallest absolute Gasteiger partial charge is 0.272 e. The molecular weight excluding hydrogens is 361 g/mol. The first-order valence-electron chi connectivity index (χ1n) is 7.98. The summed E-state index contributed by atoms with van der Waals surface area (Å²) in [6, 6.07) is 9.10. The highest BCUT2D eigenvalue weighted by Crippen LogP contribution is 2.31. The number of ether oxygens (including phenoxy) is 1. The number of benzene rings is 2. The van der Waals surface area contributed by atoms with Crippen LogP contribution < -0.4 is 4.74 Å². The van der Waals surface area contributed by atoms with Crippen molar-refractivity contribution in [3.8, 4) is 5.75 Å². The Morgan fingerprint density at radius 1 is 1.31 bits per heavy atom. The quantitative estimate of drug-likeness (QED) is 0.383. The van der Waals surface area contributed by atoms with E-state index >= 15 is 0 Å². The topological polar surface area (TPSA) is 81.1 Å². The number of non-ortho nitro benzene ring substituents is 1. The molecule has 26 heavy (non-hydrogen) atoms. The van der Waals surface area contributed by atoms with Crippen molar-refractivity contribution < 1.29 is 14.1 Å². The van der Waals surface area contributed by atoms with Gasteiger partial charge < -0.3 is 9.72 Å². The molecule has 1 N–H and O–H groups in total. The van der Waals surface area contributed by atoms with Gasteiger partial charge in [0.1, 0.15) is 0 Å². The van der Waals surface area contributed by atoms with Gasteiger partial charge in [-0.3, -0.25) is 10.1 Å². The van der Waals surface area contributed by atoms with Crippen LogP contribution >= 0.6 is 11.6 Å². The van der Waals surface area contributed by atoms with E-state index in [-0.39, 0.29) is 11.4 Å². The fraction of sp³-hybridized carbons (Fsp3) is 0.278. The number of halogens is 2. The largest absolute Gasteiger partial charge is 0.477 e. The molecule has 0 bridgehead atoms. The Labute approximate surface area is 154 Å². The number of nitro benzene ring substituents is 1. The van der Waals surface area contributed by atoms with Gasteiger partial charge in [-0.1, -0.05) is 6.07 Å². The van der Waals surface area contributed by atoms with Crippen molar-refractivity contribution in [3.05, 3.63) is 63.7 Å². The van der Waals surface area contributed by atoms with E-state index in [0.29, 0.717) is 11.7 Å². The molecule has 0 saturated heterocycles. The number of hydrogen-bond donors (Lipinski definition) is 1. The van der Waals surface area contributed by atoms with Crippen LogP contribution in [-0.2, 0) is 12.0 Å². The van der Waals surface area contributed by atoms with Gasteiger partial charge in [0.25, 0.3) is 5.69 Å². The zero-order chi connectivity index (χ0) is 18.9. The molecule has 1 aromatic heterocycles. The maximum atomic E-state index is 14.1. The molecule has 136 valence electrons. The number of alkyl halides is 1. The Balaban J connectivity index is 1.90. The Morgan fingerprint density at radius 3 is 2.73 bits per heavy atom. The molecule has 0 saturated carbocycles. The number of fused-ring (bicyclic) bond motifs is 1. The summed E-state index contributed by atoms with van der Waals surface area (Å²) < 4.78 is 19.9. The summed E-state index contributed by atoms with van der Waals surface area (Å²) in [4.78, 5) is 17.8. The summed E-state index contributed by atoms with van der Waals surface area (Å²) in [6.45, 7) is 3.48. The number of aromatic amines is 1. The highest BCUT2D eigenvalue weighted by atomic mass is 35.5. The molecule has 6 nitrogen and oxygen atoms in total. The average molecular weight is 378 g/mol. The van der Waals surface area contributed by atoms with Gasteiger partial charge in [-0.2, -0.15) is 0 Å². The molecule has 0 aliphatic rings. The predicted octanol–water partition coefficient (Wildman–Crippen LogP) is 4.71. The molecule has 1 heterocycles. The Kier molecular flexibility index (Phi) is 4.82. The molecule has 3 aromatic rings. The van der Waals surface area contributed by atoms with Crippen LogP contribution in [0.3, 0.4) is 0 Å². The van der Waals surface area contributed by atoms with Crippen LogP contribution in [0, 0.1) is 15.9 Å². The molecule has 0 radical (unpaired) electrons. The van der Waals surface area contributed by atoms with Crippen molar-refractivity contribution in [1.82, 2.24) is 9.97 Å². The molecule has 2 aromatic carbocycles. The van der Waals surface area contributed by atoms with Crippen LogP contribution in [0.2, 0.25) is 0 Å². The van der Waals surface area contributed by atoms with E-state index in [9.17, 15) is 14.5 Å². The van der Waals surface area contributed by atoms with Crippen LogP contribution in [-0.4, -0.2) is 20.8 Å². The minimum atomic E-state index is -0.970. The van der Waals surface area contributed by atoms with E-state index in [1.54, 1.807) is 13.8 Å². The first-order valence-corrected chi connectivity index (χ1v) is 8.51. The van der Waals surface area contributed by atoms with E-state index in [4.69, 9.17) is 16.3 Å². The van der Waals surface area contributed by atoms with Gasteiger partial charge in [-0.25, -0.2) is 9.37 Å². The van der Waals surface area contributed by atoms with Gasteiger partial charge >= 0.3 is 0 Å². The van der Waals surface area contributed by atoms with E-state index in [2.05, 4.69) is 9.97 Å². The van der Waals surface area contributed by atoms with Crippen LogP contribution in [0.4, 0.5) is 10.1 Å². The lowest BCUT2D eigenvalue weighted by molar-refractivity contribution is -0.385. The van der Waals surface area contributed by atoms with Gasteiger partial charge in [0.2, 0.25) is 0 Å². The zero-order valence-electron chi connectivity index (χ0n) is 14.3. The number of aryl methyl sites for hydroxylation is 1. The Hall–Kier alpha value is -2.67. The third-order valence-corrected chi connectivity index (χ3v) is 4.18. The van der Waals surface area contributed by atoms with Gasteiger partial charge in [-0.05, 0) is 44.0 Å². The second-order valence-electron chi connectivity index (χ2n) is 6.36. The lowest BCUT2D eigenvalue weighted by atomic mass is 10.1. The molecule has 0 atom stereocenters. The number of rotatable bonds is 6.